The Balaban J connectivity index is 2.45. The Kier molecular flexibility index (Phi) is 3.06. The van der Waals surface area contributed by atoms with Crippen LogP contribution in [0.15, 0.2) is 42.5 Å². The molecule has 0 aliphatic rings. The number of hydrogen-bond acceptors (Lipinski definition) is 1. The quantitative estimate of drug-likeness (QED) is 0.756. The van der Waals surface area contributed by atoms with Crippen LogP contribution in [0.1, 0.15) is 5.56 Å². The Labute approximate surface area is 94.8 Å². The monoisotopic (exact) mass is 213 g/mol. The molecule has 0 fully saturated rings. The van der Waals surface area contributed by atoms with E-state index in [9.17, 15) is 4.39 Å². The summed E-state index contributed by atoms with van der Waals surface area (Å²) in [6, 6.07) is 12.1. The summed E-state index contributed by atoms with van der Waals surface area (Å²) in [6.45, 7) is 1.91. The van der Waals surface area contributed by atoms with Gasteiger partial charge in [0, 0.05) is 0 Å². The van der Waals surface area contributed by atoms with Crippen LogP contribution in [-0.2, 0) is 0 Å². The Morgan fingerprint density at radius 3 is 2.44 bits per heavy atom. The molecule has 80 valence electrons. The standard InChI is InChI=1S/C13H11BFO/c1-9-7-11(5-6-13(9)14-16)10-3-2-4-12(15)8-10/h2-8,16H,1H3/q-1. The van der Waals surface area contributed by atoms with E-state index in [1.54, 1.807) is 6.07 Å². The van der Waals surface area contributed by atoms with Crippen LogP contribution < -0.4 is 5.46 Å². The molecule has 0 bridgehead atoms. The normalized spacial score (nSPS) is 10.4. The molecule has 2 radical (unpaired) electrons. The maximum Gasteiger partial charge on any atom is 0.123 e. The second-order valence-electron chi connectivity index (χ2n) is 3.71. The van der Waals surface area contributed by atoms with E-state index in [1.165, 1.54) is 12.1 Å². The van der Waals surface area contributed by atoms with Gasteiger partial charge in [-0.1, -0.05) is 29.8 Å². The minimum absolute atomic E-state index is 0.243. The van der Waals surface area contributed by atoms with Gasteiger partial charge in [-0.3, -0.25) is 0 Å². The molecule has 0 amide bonds. The van der Waals surface area contributed by atoms with Gasteiger partial charge in [0.15, 0.2) is 0 Å². The zero-order valence-electron chi connectivity index (χ0n) is 8.94. The van der Waals surface area contributed by atoms with E-state index in [-0.39, 0.29) is 5.82 Å². The molecule has 0 atom stereocenters. The maximum atomic E-state index is 13.1. The fraction of sp³-hybridized carbons (Fsp3) is 0.0769. The van der Waals surface area contributed by atoms with Gasteiger partial charge in [-0.05, 0) is 30.2 Å². The Bertz CT molecular complexity index is 511. The summed E-state index contributed by atoms with van der Waals surface area (Å²) in [5.74, 6) is -0.243. The molecular formula is C13H11BFO-. The van der Waals surface area contributed by atoms with Crippen LogP contribution in [0.4, 0.5) is 4.39 Å². The molecule has 16 heavy (non-hydrogen) atoms. The van der Waals surface area contributed by atoms with Gasteiger partial charge < -0.3 is 5.02 Å². The van der Waals surface area contributed by atoms with Crippen molar-refractivity contribution in [2.75, 3.05) is 0 Å². The van der Waals surface area contributed by atoms with Crippen LogP contribution in [-0.4, -0.2) is 12.5 Å². The van der Waals surface area contributed by atoms with Crippen molar-refractivity contribution in [3.05, 3.63) is 53.8 Å². The van der Waals surface area contributed by atoms with Crippen LogP contribution in [0, 0.1) is 12.7 Å². The summed E-state index contributed by atoms with van der Waals surface area (Å²) in [4.78, 5) is 0. The van der Waals surface area contributed by atoms with Gasteiger partial charge in [0.05, 0.1) is 0 Å². The predicted octanol–water partition coefficient (Wildman–Crippen LogP) is 2.04. The van der Waals surface area contributed by atoms with Gasteiger partial charge in [-0.2, -0.15) is 0 Å². The highest BCUT2D eigenvalue weighted by Crippen LogP contribution is 2.20. The molecule has 0 aromatic heterocycles. The molecular weight excluding hydrogens is 202 g/mol. The fourth-order valence-corrected chi connectivity index (χ4v) is 1.67. The van der Waals surface area contributed by atoms with E-state index >= 15 is 0 Å². The Hall–Kier alpha value is -1.61. The van der Waals surface area contributed by atoms with Crippen LogP contribution in [0.2, 0.25) is 0 Å². The summed E-state index contributed by atoms with van der Waals surface area (Å²) in [5, 5.41) is 8.94. The van der Waals surface area contributed by atoms with Gasteiger partial charge in [0.25, 0.3) is 0 Å². The molecule has 0 aliphatic carbocycles. The molecule has 0 heterocycles. The first kappa shape index (κ1) is 10.9. The fourth-order valence-electron chi connectivity index (χ4n) is 1.67. The van der Waals surface area contributed by atoms with E-state index in [0.29, 0.717) is 0 Å². The molecule has 1 nitrogen and oxygen atoms in total. The van der Waals surface area contributed by atoms with Gasteiger partial charge in [0.2, 0.25) is 0 Å². The van der Waals surface area contributed by atoms with E-state index < -0.39 is 0 Å². The second kappa shape index (κ2) is 4.50. The third kappa shape index (κ3) is 2.14. The third-order valence-electron chi connectivity index (χ3n) is 2.57. The first-order valence-electron chi connectivity index (χ1n) is 5.05. The summed E-state index contributed by atoms with van der Waals surface area (Å²) >= 11 is 0. The first-order chi connectivity index (χ1) is 7.70. The highest BCUT2D eigenvalue weighted by atomic mass is 19.1. The highest BCUT2D eigenvalue weighted by molar-refractivity contribution is 6.46. The maximum absolute atomic E-state index is 13.1. The zero-order chi connectivity index (χ0) is 11.5. The number of benzene rings is 2. The minimum atomic E-state index is -0.243. The summed E-state index contributed by atoms with van der Waals surface area (Å²) in [6.07, 6.45) is 0. The number of hydrogen-bond donors (Lipinski definition) is 1. The number of aryl methyl sites for hydroxylation is 1. The summed E-state index contributed by atoms with van der Waals surface area (Å²) in [5.41, 5.74) is 3.53. The molecule has 3 heteroatoms. The molecule has 2 aromatic rings. The van der Waals surface area contributed by atoms with Crippen LogP contribution in [0.5, 0.6) is 0 Å². The molecule has 0 saturated carbocycles. The number of halogens is 1. The average molecular weight is 213 g/mol. The molecule has 0 spiro atoms. The summed E-state index contributed by atoms with van der Waals surface area (Å²) in [7, 11) is 1.07. The number of rotatable bonds is 2. The lowest BCUT2D eigenvalue weighted by Gasteiger charge is -2.14. The van der Waals surface area contributed by atoms with Gasteiger partial charge in [0.1, 0.15) is 5.82 Å². The van der Waals surface area contributed by atoms with E-state index in [1.807, 2.05) is 31.2 Å². The van der Waals surface area contributed by atoms with E-state index in [4.69, 9.17) is 5.02 Å². The van der Waals surface area contributed by atoms with Crippen molar-refractivity contribution in [1.29, 1.82) is 0 Å². The lowest BCUT2D eigenvalue weighted by atomic mass is 9.83. The van der Waals surface area contributed by atoms with E-state index in [0.717, 1.165) is 29.6 Å². The first-order valence-corrected chi connectivity index (χ1v) is 5.05. The minimum Gasteiger partial charge on any atom is -0.668 e. The van der Waals surface area contributed by atoms with Crippen molar-refractivity contribution in [3.8, 4) is 11.1 Å². The SMILES string of the molecule is Cc1cc(-c2cccc(F)c2)ccc1[B-]O. The lowest BCUT2D eigenvalue weighted by Crippen LogP contribution is -2.16. The van der Waals surface area contributed by atoms with Crippen molar-refractivity contribution < 1.29 is 9.41 Å². The van der Waals surface area contributed by atoms with Crippen molar-refractivity contribution >= 4 is 12.9 Å². The van der Waals surface area contributed by atoms with Crippen molar-refractivity contribution in [2.24, 2.45) is 0 Å². The topological polar surface area (TPSA) is 20.2 Å². The predicted molar refractivity (Wildman–Crippen MR) is 64.2 cm³/mol. The van der Waals surface area contributed by atoms with Crippen molar-refractivity contribution in [3.63, 3.8) is 0 Å². The van der Waals surface area contributed by atoms with E-state index in [2.05, 4.69) is 0 Å². The summed E-state index contributed by atoms with van der Waals surface area (Å²) < 4.78 is 13.1. The Morgan fingerprint density at radius 2 is 1.81 bits per heavy atom. The largest absolute Gasteiger partial charge is 0.668 e. The van der Waals surface area contributed by atoms with Crippen molar-refractivity contribution in [2.45, 2.75) is 6.92 Å². The molecule has 2 rings (SSSR count). The molecule has 0 saturated heterocycles. The molecule has 0 aliphatic heterocycles. The average Bonchev–Trinajstić information content (AvgIpc) is 2.29. The van der Waals surface area contributed by atoms with Crippen molar-refractivity contribution in [1.82, 2.24) is 0 Å². The van der Waals surface area contributed by atoms with Crippen LogP contribution in [0.25, 0.3) is 11.1 Å². The third-order valence-corrected chi connectivity index (χ3v) is 2.57. The lowest BCUT2D eigenvalue weighted by molar-refractivity contribution is 0.615. The molecule has 2 aromatic carbocycles. The van der Waals surface area contributed by atoms with Gasteiger partial charge in [-0.15, -0.1) is 13.5 Å². The van der Waals surface area contributed by atoms with Gasteiger partial charge in [-0.25, -0.2) is 9.85 Å². The van der Waals surface area contributed by atoms with Crippen LogP contribution >= 0.6 is 0 Å². The van der Waals surface area contributed by atoms with Crippen LogP contribution in [0.3, 0.4) is 0 Å². The second-order valence-corrected chi connectivity index (χ2v) is 3.71. The molecule has 0 unspecified atom stereocenters. The van der Waals surface area contributed by atoms with Gasteiger partial charge >= 0.3 is 0 Å². The molecule has 1 N–H and O–H groups in total. The Morgan fingerprint density at radius 1 is 1.06 bits per heavy atom. The highest BCUT2D eigenvalue weighted by Gasteiger charge is 1.99. The zero-order valence-corrected chi connectivity index (χ0v) is 8.94. The smallest absolute Gasteiger partial charge is 0.123 e.